The Kier molecular flexibility index (Phi) is 4.21. The lowest BCUT2D eigenvalue weighted by atomic mass is 9.99. The molecule has 0 saturated carbocycles. The molecule has 0 unspecified atom stereocenters. The minimum absolute atomic E-state index is 0.160. The summed E-state index contributed by atoms with van der Waals surface area (Å²) in [4.78, 5) is 30.0. The fourth-order valence-electron chi connectivity index (χ4n) is 3.46. The highest BCUT2D eigenvalue weighted by molar-refractivity contribution is 6.04. The zero-order chi connectivity index (χ0) is 18.1. The molecule has 0 fully saturated rings. The van der Waals surface area contributed by atoms with Gasteiger partial charge >= 0.3 is 5.97 Å². The number of amides is 1. The van der Waals surface area contributed by atoms with E-state index in [-0.39, 0.29) is 5.91 Å². The number of aromatic nitrogens is 1. The van der Waals surface area contributed by atoms with E-state index in [0.29, 0.717) is 18.7 Å². The number of ether oxygens (including phenoxy) is 1. The van der Waals surface area contributed by atoms with Crippen LogP contribution in [0, 0.1) is 0 Å². The normalized spacial score (nSPS) is 14.7. The van der Waals surface area contributed by atoms with Crippen LogP contribution in [0.3, 0.4) is 0 Å². The first kappa shape index (κ1) is 16.4. The molecule has 2 heterocycles. The van der Waals surface area contributed by atoms with Crippen LogP contribution in [-0.4, -0.2) is 34.4 Å². The Morgan fingerprint density at radius 1 is 1.08 bits per heavy atom. The molecule has 1 atom stereocenters. The van der Waals surface area contributed by atoms with Gasteiger partial charge in [-0.3, -0.25) is 4.79 Å². The lowest BCUT2D eigenvalue weighted by molar-refractivity contribution is -0.140. The molecular formula is C21H20N2O3. The second-order valence-electron chi connectivity index (χ2n) is 6.57. The van der Waals surface area contributed by atoms with Crippen LogP contribution in [0.15, 0.2) is 54.7 Å². The lowest BCUT2D eigenvalue weighted by Gasteiger charge is -2.30. The van der Waals surface area contributed by atoms with Crippen LogP contribution in [0.5, 0.6) is 0 Å². The molecule has 1 aliphatic heterocycles. The fraction of sp³-hybridized carbons (Fsp3) is 0.238. The third-order valence-electron chi connectivity index (χ3n) is 4.88. The number of benzene rings is 2. The average Bonchev–Trinajstić information content (AvgIpc) is 3.11. The molecule has 0 radical (unpaired) electrons. The molecule has 132 valence electrons. The smallest absolute Gasteiger partial charge is 0.341 e. The molecule has 1 N–H and O–H groups in total. The SMILES string of the molecule is C[C@H](OC(=O)c1c[nH]c2ccccc12)C(=O)N1CCc2ccccc2C1. The van der Waals surface area contributed by atoms with Crippen molar-refractivity contribution in [1.29, 1.82) is 0 Å². The molecule has 1 aliphatic rings. The van der Waals surface area contributed by atoms with Gasteiger partial charge in [0, 0.05) is 30.2 Å². The molecule has 0 spiro atoms. The molecule has 26 heavy (non-hydrogen) atoms. The van der Waals surface area contributed by atoms with Crippen molar-refractivity contribution < 1.29 is 14.3 Å². The van der Waals surface area contributed by atoms with Crippen LogP contribution in [-0.2, 0) is 22.5 Å². The number of H-pyrrole nitrogens is 1. The Labute approximate surface area is 151 Å². The zero-order valence-corrected chi connectivity index (χ0v) is 14.6. The van der Waals surface area contributed by atoms with Gasteiger partial charge in [-0.25, -0.2) is 4.79 Å². The summed E-state index contributed by atoms with van der Waals surface area (Å²) in [6, 6.07) is 15.6. The number of hydrogen-bond acceptors (Lipinski definition) is 3. The first-order chi connectivity index (χ1) is 12.6. The van der Waals surface area contributed by atoms with Gasteiger partial charge in [-0.2, -0.15) is 0 Å². The van der Waals surface area contributed by atoms with E-state index in [2.05, 4.69) is 11.1 Å². The third-order valence-corrected chi connectivity index (χ3v) is 4.88. The molecule has 3 aromatic rings. The largest absolute Gasteiger partial charge is 0.449 e. The maximum atomic E-state index is 12.7. The van der Waals surface area contributed by atoms with E-state index in [9.17, 15) is 9.59 Å². The monoisotopic (exact) mass is 348 g/mol. The minimum atomic E-state index is -0.818. The maximum Gasteiger partial charge on any atom is 0.341 e. The van der Waals surface area contributed by atoms with Gasteiger partial charge < -0.3 is 14.6 Å². The van der Waals surface area contributed by atoms with Crippen molar-refractivity contribution in [1.82, 2.24) is 9.88 Å². The number of hydrogen-bond donors (Lipinski definition) is 1. The summed E-state index contributed by atoms with van der Waals surface area (Å²) in [7, 11) is 0. The highest BCUT2D eigenvalue weighted by atomic mass is 16.5. The molecule has 1 amide bonds. The predicted molar refractivity (Wildman–Crippen MR) is 98.7 cm³/mol. The number of esters is 1. The van der Waals surface area contributed by atoms with E-state index in [0.717, 1.165) is 22.9 Å². The van der Waals surface area contributed by atoms with E-state index in [4.69, 9.17) is 4.74 Å². The van der Waals surface area contributed by atoms with Gasteiger partial charge in [0.05, 0.1) is 5.56 Å². The third kappa shape index (κ3) is 2.96. The molecule has 0 bridgehead atoms. The van der Waals surface area contributed by atoms with Crippen LogP contribution in [0.1, 0.15) is 28.4 Å². The van der Waals surface area contributed by atoms with Crippen LogP contribution in [0.2, 0.25) is 0 Å². The summed E-state index contributed by atoms with van der Waals surface area (Å²) in [5.74, 6) is -0.645. The Balaban J connectivity index is 1.45. The molecule has 4 rings (SSSR count). The number of nitrogens with zero attached hydrogens (tertiary/aromatic N) is 1. The Morgan fingerprint density at radius 2 is 1.81 bits per heavy atom. The van der Waals surface area contributed by atoms with Crippen LogP contribution in [0.25, 0.3) is 10.9 Å². The highest BCUT2D eigenvalue weighted by Gasteiger charge is 2.27. The van der Waals surface area contributed by atoms with Crippen molar-refractivity contribution in [3.63, 3.8) is 0 Å². The van der Waals surface area contributed by atoms with Crippen LogP contribution >= 0.6 is 0 Å². The number of aromatic amines is 1. The summed E-state index contributed by atoms with van der Waals surface area (Å²) in [5, 5.41) is 0.795. The first-order valence-electron chi connectivity index (χ1n) is 8.76. The molecule has 5 heteroatoms. The second-order valence-corrected chi connectivity index (χ2v) is 6.57. The summed E-state index contributed by atoms with van der Waals surface area (Å²) in [6.45, 7) is 2.84. The zero-order valence-electron chi connectivity index (χ0n) is 14.6. The number of fused-ring (bicyclic) bond motifs is 2. The number of carbonyl (C=O) groups is 2. The van der Waals surface area contributed by atoms with Gasteiger partial charge in [0.2, 0.25) is 0 Å². The second kappa shape index (κ2) is 6.67. The molecule has 0 saturated heterocycles. The topological polar surface area (TPSA) is 62.4 Å². The summed E-state index contributed by atoms with van der Waals surface area (Å²) in [6.07, 6.45) is 1.63. The quantitative estimate of drug-likeness (QED) is 0.739. The molecule has 0 aliphatic carbocycles. The van der Waals surface area contributed by atoms with E-state index < -0.39 is 12.1 Å². The minimum Gasteiger partial charge on any atom is -0.449 e. The first-order valence-corrected chi connectivity index (χ1v) is 8.76. The van der Waals surface area contributed by atoms with E-state index in [1.54, 1.807) is 18.0 Å². The van der Waals surface area contributed by atoms with Gasteiger partial charge in [0.15, 0.2) is 6.10 Å². The van der Waals surface area contributed by atoms with Crippen molar-refractivity contribution in [2.24, 2.45) is 0 Å². The molecule has 1 aromatic heterocycles. The number of carbonyl (C=O) groups excluding carboxylic acids is 2. The van der Waals surface area contributed by atoms with Gasteiger partial charge in [0.1, 0.15) is 0 Å². The summed E-state index contributed by atoms with van der Waals surface area (Å²) >= 11 is 0. The van der Waals surface area contributed by atoms with Gasteiger partial charge in [-0.1, -0.05) is 42.5 Å². The maximum absolute atomic E-state index is 12.7. The summed E-state index contributed by atoms with van der Waals surface area (Å²) in [5.41, 5.74) is 3.75. The Bertz CT molecular complexity index is 976. The van der Waals surface area contributed by atoms with Gasteiger partial charge in [-0.15, -0.1) is 0 Å². The van der Waals surface area contributed by atoms with Crippen molar-refractivity contribution in [3.05, 3.63) is 71.4 Å². The fourth-order valence-corrected chi connectivity index (χ4v) is 3.46. The van der Waals surface area contributed by atoms with Gasteiger partial charge in [-0.05, 0) is 30.5 Å². The van der Waals surface area contributed by atoms with E-state index >= 15 is 0 Å². The molecule has 5 nitrogen and oxygen atoms in total. The van der Waals surface area contributed by atoms with Crippen molar-refractivity contribution in [2.75, 3.05) is 6.54 Å². The van der Waals surface area contributed by atoms with Crippen molar-refractivity contribution in [3.8, 4) is 0 Å². The molecular weight excluding hydrogens is 328 g/mol. The summed E-state index contributed by atoms with van der Waals surface area (Å²) < 4.78 is 5.46. The number of rotatable bonds is 3. The van der Waals surface area contributed by atoms with Crippen molar-refractivity contribution in [2.45, 2.75) is 26.0 Å². The van der Waals surface area contributed by atoms with Crippen LogP contribution in [0.4, 0.5) is 0 Å². The number of para-hydroxylation sites is 1. The molecule has 2 aromatic carbocycles. The van der Waals surface area contributed by atoms with E-state index in [1.807, 2.05) is 42.5 Å². The Hall–Kier alpha value is -3.08. The number of nitrogens with one attached hydrogen (secondary N) is 1. The average molecular weight is 348 g/mol. The van der Waals surface area contributed by atoms with Gasteiger partial charge in [0.25, 0.3) is 5.91 Å². The lowest BCUT2D eigenvalue weighted by Crippen LogP contribution is -2.42. The van der Waals surface area contributed by atoms with E-state index in [1.165, 1.54) is 5.56 Å². The Morgan fingerprint density at radius 3 is 2.65 bits per heavy atom. The standard InChI is InChI=1S/C21H20N2O3/c1-14(20(24)23-11-10-15-6-2-3-7-16(15)13-23)26-21(25)18-12-22-19-9-5-4-8-17(18)19/h2-9,12,14,22H,10-11,13H2,1H3/t14-/m0/s1. The van der Waals surface area contributed by atoms with Crippen molar-refractivity contribution >= 4 is 22.8 Å². The van der Waals surface area contributed by atoms with Crippen LogP contribution < -0.4 is 0 Å². The predicted octanol–water partition coefficient (Wildman–Crippen LogP) is 3.30. The highest BCUT2D eigenvalue weighted by Crippen LogP contribution is 2.21.